The first kappa shape index (κ1) is 18.1. The Morgan fingerprint density at radius 1 is 1.36 bits per heavy atom. The smallest absolute Gasteiger partial charge is 0.339 e. The van der Waals surface area contributed by atoms with Crippen LogP contribution < -0.4 is 5.12 Å². The van der Waals surface area contributed by atoms with Crippen LogP contribution in [0.1, 0.15) is 16.8 Å². The van der Waals surface area contributed by atoms with Gasteiger partial charge in [-0.15, -0.1) is 5.01 Å². The van der Waals surface area contributed by atoms with E-state index in [4.69, 9.17) is 15.1 Å². The Bertz CT molecular complexity index is 937. The number of diazo groups is 1. The molecule has 2 amide bonds. The van der Waals surface area contributed by atoms with Crippen LogP contribution in [0.4, 0.5) is 5.69 Å². The number of carboxylic acids is 1. The van der Waals surface area contributed by atoms with E-state index in [0.717, 1.165) is 12.1 Å². The highest BCUT2D eigenvalue weighted by molar-refractivity contribution is 7.88. The van der Waals surface area contributed by atoms with Crippen LogP contribution in [0.5, 0.6) is 5.75 Å². The van der Waals surface area contributed by atoms with Crippen LogP contribution >= 0.6 is 0 Å². The highest BCUT2D eigenvalue weighted by atomic mass is 32.2. The number of hydrogen-bond acceptors (Lipinski definition) is 9. The van der Waals surface area contributed by atoms with E-state index in [1.807, 2.05) is 0 Å². The molecule has 132 valence electrons. The third-order valence-corrected chi connectivity index (χ3v) is 4.47. The van der Waals surface area contributed by atoms with Gasteiger partial charge < -0.3 is 15.3 Å². The van der Waals surface area contributed by atoms with Crippen LogP contribution in [0.15, 0.2) is 18.2 Å². The molecule has 2 rings (SSSR count). The quantitative estimate of drug-likeness (QED) is 0.216. The van der Waals surface area contributed by atoms with E-state index >= 15 is 0 Å². The number of aliphatic hydroxyl groups is 1. The van der Waals surface area contributed by atoms with Gasteiger partial charge in [0.05, 0.1) is 6.42 Å². The zero-order chi connectivity index (χ0) is 19.2. The molecule has 25 heavy (non-hydrogen) atoms. The number of amides is 2. The van der Waals surface area contributed by atoms with E-state index < -0.39 is 56.3 Å². The molecular weight excluding hydrogens is 364 g/mol. The van der Waals surface area contributed by atoms with Crippen molar-refractivity contribution in [1.29, 1.82) is 5.39 Å². The molecule has 1 saturated heterocycles. The molecule has 14 heteroatoms. The summed E-state index contributed by atoms with van der Waals surface area (Å²) in [6, 6.07) is 2.48. The summed E-state index contributed by atoms with van der Waals surface area (Å²) in [4.78, 5) is 31.3. The van der Waals surface area contributed by atoms with Gasteiger partial charge in [0.2, 0.25) is 0 Å². The van der Waals surface area contributed by atoms with E-state index in [-0.39, 0.29) is 10.1 Å². The van der Waals surface area contributed by atoms with E-state index in [9.17, 15) is 33.0 Å². The van der Waals surface area contributed by atoms with Crippen molar-refractivity contribution in [1.82, 2.24) is 5.01 Å². The highest BCUT2D eigenvalue weighted by Gasteiger charge is 2.63. The Morgan fingerprint density at radius 2 is 1.96 bits per heavy atom. The maximum atomic E-state index is 12.1. The first-order valence-corrected chi connectivity index (χ1v) is 7.66. The van der Waals surface area contributed by atoms with Crippen molar-refractivity contribution in [2.24, 2.45) is 0 Å². The van der Waals surface area contributed by atoms with Crippen molar-refractivity contribution in [2.45, 2.75) is 11.4 Å². The molecule has 0 saturated carbocycles. The molecule has 0 spiro atoms. The third kappa shape index (κ3) is 2.71. The summed E-state index contributed by atoms with van der Waals surface area (Å²) in [5.41, 5.74) is -0.971. The summed E-state index contributed by atoms with van der Waals surface area (Å²) in [5.74, 6) is -5.50. The molecule has 1 aliphatic heterocycles. The highest BCUT2D eigenvalue weighted by Crippen LogP contribution is 2.34. The molecular formula is C11H9N4O9S+. The van der Waals surface area contributed by atoms with Crippen LogP contribution in [0.2, 0.25) is 0 Å². The number of phenols is 1. The number of hydrazine groups is 1. The minimum atomic E-state index is -5.40. The minimum absolute atomic E-state index is 0.0943. The molecule has 13 nitrogen and oxygen atoms in total. The number of rotatable bonds is 4. The average Bonchev–Trinajstić information content (AvgIpc) is 2.72. The number of aromatic hydroxyl groups is 1. The second-order valence-electron chi connectivity index (χ2n) is 4.83. The Balaban J connectivity index is 2.51. The van der Waals surface area contributed by atoms with Gasteiger partial charge in [-0.2, -0.15) is 8.42 Å². The van der Waals surface area contributed by atoms with E-state index in [2.05, 4.69) is 5.08 Å². The van der Waals surface area contributed by atoms with Crippen molar-refractivity contribution in [3.05, 3.63) is 28.8 Å². The standard InChI is InChI=1S/C11H8N4O9S/c12-13-15(5-1-2-6(9(18)19)7(16)3-5)14-8(17)4-11(21,10(14)20)25(22,23)24/h1-3,21H,4H2,(H2-,16,18,19,22,23,24)/p+1. The van der Waals surface area contributed by atoms with Gasteiger partial charge in [0, 0.05) is 6.07 Å². The van der Waals surface area contributed by atoms with Crippen molar-refractivity contribution >= 4 is 33.6 Å². The van der Waals surface area contributed by atoms with Crippen molar-refractivity contribution in [3.8, 4) is 5.75 Å². The van der Waals surface area contributed by atoms with Crippen LogP contribution in [0, 0.1) is 5.39 Å². The fourth-order valence-corrected chi connectivity index (χ4v) is 2.67. The lowest BCUT2D eigenvalue weighted by Crippen LogP contribution is -2.50. The third-order valence-electron chi connectivity index (χ3n) is 3.30. The molecule has 0 aromatic heterocycles. The second kappa shape index (κ2) is 5.66. The largest absolute Gasteiger partial charge is 0.507 e. The zero-order valence-corrected chi connectivity index (χ0v) is 12.8. The predicted molar refractivity (Wildman–Crippen MR) is 75.6 cm³/mol. The number of anilines is 1. The first-order valence-electron chi connectivity index (χ1n) is 6.22. The molecule has 1 fully saturated rings. The topological polar surface area (TPSA) is 201 Å². The van der Waals surface area contributed by atoms with Gasteiger partial charge in [-0.05, 0) is 12.1 Å². The van der Waals surface area contributed by atoms with Crippen molar-refractivity contribution in [2.75, 3.05) is 5.12 Å². The Morgan fingerprint density at radius 3 is 2.36 bits per heavy atom. The molecule has 1 atom stereocenters. The number of imide groups is 1. The number of nitrogens with zero attached hydrogens (tertiary/aromatic N) is 4. The number of hydrogen-bond donors (Lipinski definition) is 4. The van der Waals surface area contributed by atoms with Crippen LogP contribution in [-0.2, 0) is 19.7 Å². The SMILES string of the molecule is N#[N+]N(c1ccc(C(=O)O)c(O)c1)N1C(=O)CC(O)(S(=O)(=O)O)C1=O. The summed E-state index contributed by atoms with van der Waals surface area (Å²) in [6.45, 7) is 0. The Labute approximate surface area is 138 Å². The van der Waals surface area contributed by atoms with Gasteiger partial charge >= 0.3 is 27.1 Å². The number of carbonyl (C=O) groups is 3. The van der Waals surface area contributed by atoms with Gasteiger partial charge in [-0.3, -0.25) is 14.1 Å². The second-order valence-corrected chi connectivity index (χ2v) is 6.46. The van der Waals surface area contributed by atoms with Gasteiger partial charge in [0.1, 0.15) is 16.4 Å². The lowest BCUT2D eigenvalue weighted by atomic mass is 10.2. The normalized spacial score (nSPS) is 20.4. The van der Waals surface area contributed by atoms with Gasteiger partial charge in [0.15, 0.2) is 5.69 Å². The van der Waals surface area contributed by atoms with Gasteiger partial charge in [-0.1, -0.05) is 0 Å². The summed E-state index contributed by atoms with van der Waals surface area (Å²) in [5, 5.41) is 39.8. The van der Waals surface area contributed by atoms with Crippen LogP contribution in [0.25, 0.3) is 5.08 Å². The number of carboxylic acid groups (broad SMARTS) is 1. The van der Waals surface area contributed by atoms with E-state index in [1.54, 1.807) is 0 Å². The average molecular weight is 373 g/mol. The number of aromatic carboxylic acids is 1. The molecule has 1 unspecified atom stereocenters. The minimum Gasteiger partial charge on any atom is -0.507 e. The maximum Gasteiger partial charge on any atom is 0.339 e. The van der Waals surface area contributed by atoms with Crippen LogP contribution in [-0.4, -0.2) is 56.0 Å². The van der Waals surface area contributed by atoms with Gasteiger partial charge in [-0.25, -0.2) is 4.79 Å². The summed E-state index contributed by atoms with van der Waals surface area (Å²) >= 11 is 0. The number of carbonyl (C=O) groups excluding carboxylic acids is 2. The monoisotopic (exact) mass is 373 g/mol. The molecule has 0 radical (unpaired) electrons. The van der Waals surface area contributed by atoms with E-state index in [0.29, 0.717) is 6.07 Å². The fraction of sp³-hybridized carbons (Fsp3) is 0.182. The molecule has 0 aliphatic carbocycles. The summed E-state index contributed by atoms with van der Waals surface area (Å²) in [7, 11) is -5.40. The summed E-state index contributed by atoms with van der Waals surface area (Å²) in [6.07, 6.45) is -1.35. The van der Waals surface area contributed by atoms with Gasteiger partial charge in [0.25, 0.3) is 16.2 Å². The molecule has 0 bridgehead atoms. The molecule has 1 aliphatic rings. The molecule has 1 aromatic rings. The van der Waals surface area contributed by atoms with E-state index in [1.165, 1.54) is 0 Å². The predicted octanol–water partition coefficient (Wildman–Crippen LogP) is -1.08. The fourth-order valence-electron chi connectivity index (χ4n) is 2.06. The Kier molecular flexibility index (Phi) is 4.09. The lowest BCUT2D eigenvalue weighted by molar-refractivity contribution is -0.142. The summed E-state index contributed by atoms with van der Waals surface area (Å²) < 4.78 is 31.3. The molecule has 4 N–H and O–H groups in total. The Hall–Kier alpha value is -3.28. The van der Waals surface area contributed by atoms with Crippen LogP contribution in [0.3, 0.4) is 0 Å². The van der Waals surface area contributed by atoms with Crippen molar-refractivity contribution < 1.29 is 42.7 Å². The first-order chi connectivity index (χ1) is 11.4. The number of benzene rings is 1. The lowest BCUT2D eigenvalue weighted by Gasteiger charge is -2.17. The van der Waals surface area contributed by atoms with Crippen molar-refractivity contribution in [3.63, 3.8) is 0 Å². The zero-order valence-electron chi connectivity index (χ0n) is 12.0. The maximum absolute atomic E-state index is 12.1. The molecule has 1 heterocycles. The molecule has 1 aromatic carbocycles.